The van der Waals surface area contributed by atoms with E-state index in [1.54, 1.807) is 0 Å². The Hall–Kier alpha value is -4.92. The van der Waals surface area contributed by atoms with Gasteiger partial charge >= 0.3 is 0 Å². The molecule has 5 aromatic carbocycles. The van der Waals surface area contributed by atoms with Gasteiger partial charge in [0.15, 0.2) is 24.6 Å². The lowest BCUT2D eigenvalue weighted by Gasteiger charge is -2.31. The summed E-state index contributed by atoms with van der Waals surface area (Å²) in [5.41, 5.74) is 4.50. The molecule has 0 aliphatic carbocycles. The predicted octanol–water partition coefficient (Wildman–Crippen LogP) is 7.31. The second kappa shape index (κ2) is 19.0. The van der Waals surface area contributed by atoms with Gasteiger partial charge in [0, 0.05) is 5.56 Å². The number of Topliss-reactive ketones (excluding diaryl/α,β-unsaturated/α-hetero) is 1. The molecule has 246 valence electrons. The topological polar surface area (TPSA) is 80.1 Å². The number of hydroxylamine groups is 1. The minimum atomic E-state index is -1.12. The van der Waals surface area contributed by atoms with Gasteiger partial charge in [0.25, 0.3) is 0 Å². The van der Waals surface area contributed by atoms with Crippen molar-refractivity contribution in [1.82, 2.24) is 0 Å². The molecule has 0 radical (unpaired) electrons. The lowest BCUT2D eigenvalue weighted by molar-refractivity contribution is -0.473. The molecule has 5 aromatic rings. The Labute approximate surface area is 282 Å². The van der Waals surface area contributed by atoms with Crippen molar-refractivity contribution in [3.63, 3.8) is 0 Å². The smallest absolute Gasteiger partial charge is 0.189 e. The van der Waals surface area contributed by atoms with Gasteiger partial charge in [-0.1, -0.05) is 152 Å². The molecule has 0 aromatic heterocycles. The number of hydrogen-bond donors (Lipinski definition) is 0. The third kappa shape index (κ3) is 11.4. The highest BCUT2D eigenvalue weighted by atomic mass is 16.6. The summed E-state index contributed by atoms with van der Waals surface area (Å²) in [5, 5.41) is 13.5. The average Bonchev–Trinajstić information content (AvgIpc) is 3.13. The van der Waals surface area contributed by atoms with Crippen LogP contribution in [0.15, 0.2) is 152 Å². The minimum absolute atomic E-state index is 0.0983. The van der Waals surface area contributed by atoms with Crippen LogP contribution in [0.5, 0.6) is 0 Å². The SMILES string of the molecule is O=C(COCc1ccccc1)[C@@H](OCc1ccccc1)[C@H](OCc1ccccc1)[C@H](/C=[N+](\[O-])Cc1ccccc1)OCc1ccccc1. The van der Waals surface area contributed by atoms with Crippen LogP contribution in [-0.2, 0) is 56.7 Å². The molecule has 0 aliphatic rings. The van der Waals surface area contributed by atoms with Crippen LogP contribution in [0.2, 0.25) is 0 Å². The molecule has 0 saturated heterocycles. The summed E-state index contributed by atoms with van der Waals surface area (Å²) in [7, 11) is 0. The monoisotopic (exact) mass is 643 g/mol. The zero-order chi connectivity index (χ0) is 33.2. The Morgan fingerprint density at radius 1 is 0.542 bits per heavy atom. The molecule has 0 bridgehead atoms. The molecule has 0 unspecified atom stereocenters. The molecule has 0 saturated carbocycles. The van der Waals surface area contributed by atoms with Crippen LogP contribution < -0.4 is 0 Å². The Kier molecular flexibility index (Phi) is 13.6. The van der Waals surface area contributed by atoms with Crippen LogP contribution in [0.3, 0.4) is 0 Å². The van der Waals surface area contributed by atoms with E-state index >= 15 is 0 Å². The second-order valence-corrected chi connectivity index (χ2v) is 11.4. The fraction of sp³-hybridized carbons (Fsp3) is 0.220. The molecule has 7 heteroatoms. The van der Waals surface area contributed by atoms with E-state index in [9.17, 15) is 10.0 Å². The molecule has 48 heavy (non-hydrogen) atoms. The van der Waals surface area contributed by atoms with Gasteiger partial charge in [-0.2, -0.15) is 0 Å². The molecule has 5 rings (SSSR count). The number of nitrogens with zero attached hydrogens (tertiary/aromatic N) is 1. The van der Waals surface area contributed by atoms with Crippen LogP contribution in [-0.4, -0.2) is 41.7 Å². The molecular weight excluding hydrogens is 602 g/mol. The van der Waals surface area contributed by atoms with Gasteiger partial charge in [0.05, 0.1) is 26.4 Å². The molecule has 0 N–H and O–H groups in total. The molecule has 0 aliphatic heterocycles. The van der Waals surface area contributed by atoms with Crippen LogP contribution in [0.1, 0.15) is 27.8 Å². The standard InChI is InChI=1S/C41H41NO6/c43-38(32-45-28-34-18-8-2-9-19-34)40(47-30-36-22-12-4-13-23-36)41(48-31-37-24-14-5-15-25-37)39(46-29-35-20-10-3-11-21-35)27-42(44)26-33-16-6-1-7-17-33/h1-25,27,39-41H,26,28-32H2/b42-27-/t39-,40+,41+/m0/s1. The predicted molar refractivity (Wildman–Crippen MR) is 186 cm³/mol. The lowest BCUT2D eigenvalue weighted by atomic mass is 10.0. The highest BCUT2D eigenvalue weighted by molar-refractivity contribution is 5.85. The molecule has 3 atom stereocenters. The lowest BCUT2D eigenvalue weighted by Crippen LogP contribution is -2.49. The van der Waals surface area contributed by atoms with E-state index in [0.717, 1.165) is 32.6 Å². The zero-order valence-electron chi connectivity index (χ0n) is 26.9. The molecule has 0 fully saturated rings. The third-order valence-electron chi connectivity index (χ3n) is 7.63. The summed E-state index contributed by atoms with van der Waals surface area (Å²) in [6.45, 7) is 0.662. The third-order valence-corrected chi connectivity index (χ3v) is 7.63. The summed E-state index contributed by atoms with van der Waals surface area (Å²) in [6.07, 6.45) is -1.61. The number of rotatable bonds is 19. The van der Waals surface area contributed by atoms with Crippen molar-refractivity contribution in [2.24, 2.45) is 0 Å². The zero-order valence-corrected chi connectivity index (χ0v) is 26.9. The first-order chi connectivity index (χ1) is 23.6. The highest BCUT2D eigenvalue weighted by Gasteiger charge is 2.38. The van der Waals surface area contributed by atoms with E-state index in [-0.39, 0.29) is 45.4 Å². The first-order valence-electron chi connectivity index (χ1n) is 16.1. The normalized spacial score (nSPS) is 13.5. The fourth-order valence-corrected chi connectivity index (χ4v) is 5.15. The van der Waals surface area contributed by atoms with Gasteiger partial charge in [-0.3, -0.25) is 4.79 Å². The van der Waals surface area contributed by atoms with Crippen LogP contribution in [0.25, 0.3) is 0 Å². The Bertz CT molecular complexity index is 1650. The van der Waals surface area contributed by atoms with Crippen molar-refractivity contribution in [1.29, 1.82) is 0 Å². The molecular formula is C41H41NO6. The van der Waals surface area contributed by atoms with E-state index in [1.807, 2.05) is 152 Å². The summed E-state index contributed by atoms with van der Waals surface area (Å²) in [4.78, 5) is 14.1. The van der Waals surface area contributed by atoms with E-state index < -0.39 is 18.3 Å². The summed E-state index contributed by atoms with van der Waals surface area (Å²) < 4.78 is 26.1. The second-order valence-electron chi connectivity index (χ2n) is 11.4. The largest absolute Gasteiger partial charge is 0.624 e. The van der Waals surface area contributed by atoms with Gasteiger partial charge < -0.3 is 24.2 Å². The Morgan fingerprint density at radius 2 is 0.938 bits per heavy atom. The van der Waals surface area contributed by atoms with E-state index in [2.05, 4.69) is 0 Å². The number of carbonyl (C=O) groups is 1. The van der Waals surface area contributed by atoms with Crippen molar-refractivity contribution in [3.05, 3.63) is 185 Å². The van der Waals surface area contributed by atoms with Gasteiger partial charge in [-0.05, 0) is 22.3 Å². The number of carbonyl (C=O) groups excluding carboxylic acids is 1. The van der Waals surface area contributed by atoms with Crippen molar-refractivity contribution in [3.8, 4) is 0 Å². The summed E-state index contributed by atoms with van der Waals surface area (Å²) in [5.74, 6) is -0.317. The van der Waals surface area contributed by atoms with Gasteiger partial charge in [0.1, 0.15) is 18.8 Å². The van der Waals surface area contributed by atoms with Gasteiger partial charge in [-0.15, -0.1) is 0 Å². The Morgan fingerprint density at radius 3 is 1.42 bits per heavy atom. The number of ketones is 1. The van der Waals surface area contributed by atoms with Crippen LogP contribution in [0.4, 0.5) is 0 Å². The summed E-state index contributed by atoms with van der Waals surface area (Å²) >= 11 is 0. The highest BCUT2D eigenvalue weighted by Crippen LogP contribution is 2.20. The average molecular weight is 644 g/mol. The van der Waals surface area contributed by atoms with Crippen molar-refractivity contribution in [2.45, 2.75) is 51.3 Å². The van der Waals surface area contributed by atoms with E-state index in [1.165, 1.54) is 6.21 Å². The molecule has 7 nitrogen and oxygen atoms in total. The van der Waals surface area contributed by atoms with Gasteiger partial charge in [0.2, 0.25) is 0 Å². The van der Waals surface area contributed by atoms with Crippen molar-refractivity contribution >= 4 is 12.0 Å². The van der Waals surface area contributed by atoms with E-state index in [4.69, 9.17) is 18.9 Å². The first kappa shape index (κ1) is 34.4. The van der Waals surface area contributed by atoms with Crippen molar-refractivity contribution < 1.29 is 28.5 Å². The number of hydrogen-bond acceptors (Lipinski definition) is 6. The minimum Gasteiger partial charge on any atom is -0.624 e. The van der Waals surface area contributed by atoms with Crippen molar-refractivity contribution in [2.75, 3.05) is 6.61 Å². The fourth-order valence-electron chi connectivity index (χ4n) is 5.15. The quantitative estimate of drug-likeness (QED) is 0.0407. The first-order valence-corrected chi connectivity index (χ1v) is 16.1. The van der Waals surface area contributed by atoms with Crippen LogP contribution >= 0.6 is 0 Å². The number of benzene rings is 5. The van der Waals surface area contributed by atoms with E-state index in [0.29, 0.717) is 0 Å². The van der Waals surface area contributed by atoms with Crippen LogP contribution in [0, 0.1) is 5.21 Å². The molecule has 0 spiro atoms. The Balaban J connectivity index is 1.46. The molecule has 0 heterocycles. The maximum atomic E-state index is 14.1. The summed E-state index contributed by atoms with van der Waals surface area (Å²) in [6, 6.07) is 48.1. The van der Waals surface area contributed by atoms with Gasteiger partial charge in [-0.25, -0.2) is 4.74 Å². The number of ether oxygens (including phenoxy) is 4. The molecule has 0 amide bonds. The maximum absolute atomic E-state index is 14.1. The maximum Gasteiger partial charge on any atom is 0.189 e.